The van der Waals surface area contributed by atoms with Gasteiger partial charge in [0.1, 0.15) is 0 Å². The molecule has 9 heteroatoms. The van der Waals surface area contributed by atoms with Crippen LogP contribution in [0.4, 0.5) is 4.79 Å². The number of alkyl carbamates (subject to hydrolysis) is 1. The summed E-state index contributed by atoms with van der Waals surface area (Å²) in [5.74, 6) is -0.0190. The molecular weight excluding hydrogens is 534 g/mol. The van der Waals surface area contributed by atoms with Gasteiger partial charge in [0.25, 0.3) is 5.91 Å². The average molecular weight is 574 g/mol. The number of fused-ring (bicyclic) bond motifs is 3. The maximum Gasteiger partial charge on any atom is 0.407 e. The van der Waals surface area contributed by atoms with Gasteiger partial charge in [-0.05, 0) is 81.9 Å². The molecule has 0 unspecified atom stereocenters. The fourth-order valence-electron chi connectivity index (χ4n) is 5.68. The summed E-state index contributed by atoms with van der Waals surface area (Å²) in [4.78, 5) is 33.3. The molecule has 1 aliphatic carbocycles. The molecule has 3 heterocycles. The van der Waals surface area contributed by atoms with Crippen LogP contribution < -0.4 is 10.6 Å². The standard InChI is InChI=1S/C32H39N5O3S/c1-2-3-20-40-31(39)35-32(14-15-32)25-11-8-23(9-12-25)26-22-37-27-13-10-24(21-28(27)41-30(37)34-26)29(38)33-16-7-19-36-17-5-4-6-18-36/h8-13,21-22H,2-7,14-20H2,1H3,(H,33,38)(H,35,39). The number of carbonyl (C=O) groups is 2. The number of rotatable bonds is 11. The molecule has 2 N–H and O–H groups in total. The SMILES string of the molecule is CCCCOC(=O)NC1(c2ccc(-c3cn4c(n3)sc3cc(C(=O)NCCCN5CCCCC5)ccc34)cc2)CC1. The molecule has 2 fully saturated rings. The van der Waals surface area contributed by atoms with Gasteiger partial charge in [-0.2, -0.15) is 0 Å². The molecule has 216 valence electrons. The van der Waals surface area contributed by atoms with Gasteiger partial charge in [-0.15, -0.1) is 0 Å². The van der Waals surface area contributed by atoms with E-state index in [0.29, 0.717) is 18.7 Å². The lowest BCUT2D eigenvalue weighted by atomic mass is 10.0. The number of ether oxygens (including phenoxy) is 1. The van der Waals surface area contributed by atoms with E-state index < -0.39 is 0 Å². The van der Waals surface area contributed by atoms with Crippen molar-refractivity contribution in [3.05, 3.63) is 59.8 Å². The summed E-state index contributed by atoms with van der Waals surface area (Å²) in [5, 5.41) is 6.16. The molecule has 2 amide bonds. The molecule has 41 heavy (non-hydrogen) atoms. The molecule has 0 radical (unpaired) electrons. The van der Waals surface area contributed by atoms with E-state index in [1.165, 1.54) is 32.4 Å². The summed E-state index contributed by atoms with van der Waals surface area (Å²) in [5.41, 5.74) is 4.44. The Bertz CT molecular complexity index is 1520. The minimum atomic E-state index is -0.338. The van der Waals surface area contributed by atoms with Crippen molar-refractivity contribution < 1.29 is 14.3 Å². The largest absolute Gasteiger partial charge is 0.450 e. The van der Waals surface area contributed by atoms with Crippen LogP contribution in [0.15, 0.2) is 48.7 Å². The number of hydrogen-bond donors (Lipinski definition) is 2. The summed E-state index contributed by atoms with van der Waals surface area (Å²) in [6.07, 6.45) is 10.3. The third-order valence-electron chi connectivity index (χ3n) is 8.30. The van der Waals surface area contributed by atoms with E-state index >= 15 is 0 Å². The van der Waals surface area contributed by atoms with E-state index in [0.717, 1.165) is 70.6 Å². The van der Waals surface area contributed by atoms with Crippen LogP contribution in [-0.2, 0) is 10.3 Å². The third kappa shape index (κ3) is 6.26. The normalized spacial score (nSPS) is 16.6. The van der Waals surface area contributed by atoms with Crippen molar-refractivity contribution >= 4 is 38.5 Å². The van der Waals surface area contributed by atoms with Crippen LogP contribution in [0, 0.1) is 0 Å². The van der Waals surface area contributed by atoms with Gasteiger partial charge in [-0.3, -0.25) is 9.20 Å². The molecule has 1 aliphatic heterocycles. The number of hydrogen-bond acceptors (Lipinski definition) is 6. The second-order valence-corrected chi connectivity index (χ2v) is 12.4. The van der Waals surface area contributed by atoms with Crippen LogP contribution in [0.2, 0.25) is 0 Å². The molecule has 2 aliphatic rings. The van der Waals surface area contributed by atoms with Crippen LogP contribution in [0.25, 0.3) is 26.4 Å². The highest BCUT2D eigenvalue weighted by atomic mass is 32.1. The highest BCUT2D eigenvalue weighted by Gasteiger charge is 2.46. The number of unbranched alkanes of at least 4 members (excludes halogenated alkanes) is 1. The van der Waals surface area contributed by atoms with Crippen molar-refractivity contribution in [2.45, 2.75) is 63.8 Å². The molecular formula is C32H39N5O3S. The Morgan fingerprint density at radius 3 is 2.61 bits per heavy atom. The lowest BCUT2D eigenvalue weighted by Crippen LogP contribution is -2.35. The topological polar surface area (TPSA) is 88.0 Å². The monoisotopic (exact) mass is 573 g/mol. The van der Waals surface area contributed by atoms with Crippen LogP contribution in [0.3, 0.4) is 0 Å². The number of nitrogens with zero attached hydrogens (tertiary/aromatic N) is 3. The van der Waals surface area contributed by atoms with Gasteiger partial charge in [0.15, 0.2) is 4.96 Å². The first-order valence-corrected chi connectivity index (χ1v) is 15.8. The first kappa shape index (κ1) is 27.7. The summed E-state index contributed by atoms with van der Waals surface area (Å²) in [7, 11) is 0. The van der Waals surface area contributed by atoms with Gasteiger partial charge in [-0.1, -0.05) is 55.4 Å². The first-order chi connectivity index (χ1) is 20.0. The summed E-state index contributed by atoms with van der Waals surface area (Å²) in [6.45, 7) is 6.66. The van der Waals surface area contributed by atoms with E-state index in [1.807, 2.05) is 18.2 Å². The highest BCUT2D eigenvalue weighted by molar-refractivity contribution is 7.23. The maximum atomic E-state index is 12.8. The minimum Gasteiger partial charge on any atom is -0.450 e. The molecule has 1 saturated heterocycles. The second kappa shape index (κ2) is 12.2. The number of amides is 2. The number of piperidine rings is 1. The summed E-state index contributed by atoms with van der Waals surface area (Å²) >= 11 is 1.59. The predicted molar refractivity (Wildman–Crippen MR) is 164 cm³/mol. The molecule has 1 saturated carbocycles. The zero-order valence-corrected chi connectivity index (χ0v) is 24.6. The van der Waals surface area contributed by atoms with Crippen molar-refractivity contribution in [1.82, 2.24) is 24.9 Å². The molecule has 0 spiro atoms. The second-order valence-electron chi connectivity index (χ2n) is 11.3. The maximum absolute atomic E-state index is 12.8. The molecule has 4 aromatic rings. The van der Waals surface area contributed by atoms with Crippen molar-refractivity contribution in [3.8, 4) is 11.3 Å². The van der Waals surface area contributed by atoms with Crippen LogP contribution in [-0.4, -0.2) is 59.1 Å². The van der Waals surface area contributed by atoms with E-state index in [1.54, 1.807) is 11.3 Å². The summed E-state index contributed by atoms with van der Waals surface area (Å²) in [6, 6.07) is 14.2. The van der Waals surface area contributed by atoms with Gasteiger partial charge >= 0.3 is 6.09 Å². The minimum absolute atomic E-state index is 0.0190. The molecule has 0 atom stereocenters. The lowest BCUT2D eigenvalue weighted by Gasteiger charge is -2.26. The van der Waals surface area contributed by atoms with Crippen molar-refractivity contribution in [2.24, 2.45) is 0 Å². The van der Waals surface area contributed by atoms with E-state index in [2.05, 4.69) is 57.3 Å². The lowest BCUT2D eigenvalue weighted by molar-refractivity contribution is 0.0951. The quantitative estimate of drug-likeness (QED) is 0.205. The van der Waals surface area contributed by atoms with Gasteiger partial charge in [0.05, 0.1) is 28.1 Å². The number of carbonyl (C=O) groups excluding carboxylic acids is 2. The zero-order valence-electron chi connectivity index (χ0n) is 23.8. The van der Waals surface area contributed by atoms with E-state index in [-0.39, 0.29) is 17.5 Å². The fourth-order valence-corrected chi connectivity index (χ4v) is 6.73. The number of thiazole rings is 1. The van der Waals surface area contributed by atoms with Gasteiger partial charge in [0.2, 0.25) is 0 Å². The Labute approximate surface area is 245 Å². The molecule has 2 aromatic carbocycles. The molecule has 8 nitrogen and oxygen atoms in total. The predicted octanol–water partition coefficient (Wildman–Crippen LogP) is 6.34. The Kier molecular flexibility index (Phi) is 8.25. The molecule has 6 rings (SSSR count). The highest BCUT2D eigenvalue weighted by Crippen LogP contribution is 2.46. The van der Waals surface area contributed by atoms with Gasteiger partial charge < -0.3 is 20.3 Å². The Balaban J connectivity index is 1.08. The van der Waals surface area contributed by atoms with Gasteiger partial charge in [0, 0.05) is 23.9 Å². The molecule has 2 aromatic heterocycles. The van der Waals surface area contributed by atoms with Crippen molar-refractivity contribution in [2.75, 3.05) is 32.8 Å². The molecule has 0 bridgehead atoms. The average Bonchev–Trinajstić information content (AvgIpc) is 3.52. The van der Waals surface area contributed by atoms with E-state index in [4.69, 9.17) is 9.72 Å². The van der Waals surface area contributed by atoms with Crippen molar-refractivity contribution in [1.29, 1.82) is 0 Å². The zero-order chi connectivity index (χ0) is 28.2. The Morgan fingerprint density at radius 1 is 1.05 bits per heavy atom. The number of nitrogens with one attached hydrogen (secondary N) is 2. The number of benzene rings is 2. The van der Waals surface area contributed by atoms with Gasteiger partial charge in [-0.25, -0.2) is 9.78 Å². The van der Waals surface area contributed by atoms with E-state index in [9.17, 15) is 9.59 Å². The van der Waals surface area contributed by atoms with Crippen LogP contribution >= 0.6 is 11.3 Å². The number of likely N-dealkylation sites (tertiary alicyclic amines) is 1. The Morgan fingerprint density at radius 2 is 1.85 bits per heavy atom. The summed E-state index contributed by atoms with van der Waals surface area (Å²) < 4.78 is 8.45. The third-order valence-corrected chi connectivity index (χ3v) is 9.31. The Hall–Kier alpha value is -3.43. The van der Waals surface area contributed by atoms with Crippen LogP contribution in [0.5, 0.6) is 0 Å². The number of aromatic nitrogens is 2. The smallest absolute Gasteiger partial charge is 0.407 e. The first-order valence-electron chi connectivity index (χ1n) is 15.0. The number of imidazole rings is 1. The van der Waals surface area contributed by atoms with Crippen LogP contribution in [0.1, 0.15) is 74.2 Å². The van der Waals surface area contributed by atoms with Crippen molar-refractivity contribution in [3.63, 3.8) is 0 Å². The fraction of sp³-hybridized carbons (Fsp3) is 0.469.